The molecular weight excluding hydrogens is 356 g/mol. The zero-order valence-electron chi connectivity index (χ0n) is 14.1. The Kier molecular flexibility index (Phi) is 5.45. The second-order valence-electron chi connectivity index (χ2n) is 6.37. The second kappa shape index (κ2) is 7.63. The summed E-state index contributed by atoms with van der Waals surface area (Å²) in [5.74, 6) is -1.50. The number of benzene rings is 2. The van der Waals surface area contributed by atoms with Gasteiger partial charge < -0.3 is 35.4 Å². The van der Waals surface area contributed by atoms with Gasteiger partial charge in [-0.3, -0.25) is 4.79 Å². The van der Waals surface area contributed by atoms with Crippen LogP contribution in [0, 0.1) is 0 Å². The van der Waals surface area contributed by atoms with E-state index in [-0.39, 0.29) is 22.4 Å². The van der Waals surface area contributed by atoms with Gasteiger partial charge in [-0.25, -0.2) is 0 Å². The first-order chi connectivity index (χ1) is 12.8. The van der Waals surface area contributed by atoms with Crippen molar-refractivity contribution in [3.8, 4) is 11.5 Å². The number of ketones is 1. The summed E-state index contributed by atoms with van der Waals surface area (Å²) in [6.45, 7) is -0.645. The van der Waals surface area contributed by atoms with Gasteiger partial charge in [-0.2, -0.15) is 0 Å². The molecule has 0 aromatic heterocycles. The molecule has 0 spiro atoms. The fourth-order valence-corrected chi connectivity index (χ4v) is 3.20. The largest absolute Gasteiger partial charge is 0.508 e. The number of rotatable bonds is 4. The molecule has 0 saturated carbocycles. The molecule has 1 heterocycles. The Morgan fingerprint density at radius 2 is 1.63 bits per heavy atom. The van der Waals surface area contributed by atoms with Crippen molar-refractivity contribution in [3.05, 3.63) is 59.2 Å². The van der Waals surface area contributed by atoms with Crippen molar-refractivity contribution in [2.24, 2.45) is 0 Å². The number of carbonyl (C=O) groups is 1. The number of phenols is 2. The molecule has 0 radical (unpaired) electrons. The topological polar surface area (TPSA) is 148 Å². The van der Waals surface area contributed by atoms with Gasteiger partial charge in [-0.15, -0.1) is 0 Å². The Labute approximate surface area is 154 Å². The summed E-state index contributed by atoms with van der Waals surface area (Å²) in [7, 11) is 0. The lowest BCUT2D eigenvalue weighted by atomic mass is 9.86. The number of ether oxygens (including phenoxy) is 1. The third-order valence-corrected chi connectivity index (χ3v) is 4.59. The van der Waals surface area contributed by atoms with Crippen LogP contribution in [-0.2, 0) is 4.74 Å². The van der Waals surface area contributed by atoms with E-state index in [0.717, 1.165) is 12.1 Å². The van der Waals surface area contributed by atoms with E-state index in [2.05, 4.69) is 0 Å². The minimum absolute atomic E-state index is 0.0711. The van der Waals surface area contributed by atoms with E-state index in [1.807, 2.05) is 0 Å². The van der Waals surface area contributed by atoms with Crippen molar-refractivity contribution < 1.29 is 40.2 Å². The molecule has 0 amide bonds. The molecule has 2 aromatic carbocycles. The predicted octanol–water partition coefficient (Wildman–Crippen LogP) is -0.156. The van der Waals surface area contributed by atoms with Gasteiger partial charge in [0.15, 0.2) is 5.78 Å². The molecule has 8 nitrogen and oxygen atoms in total. The fourth-order valence-electron chi connectivity index (χ4n) is 3.20. The maximum atomic E-state index is 12.9. The van der Waals surface area contributed by atoms with Crippen LogP contribution in [0.5, 0.6) is 11.5 Å². The van der Waals surface area contributed by atoms with Crippen LogP contribution in [0.3, 0.4) is 0 Å². The molecule has 1 aliphatic heterocycles. The van der Waals surface area contributed by atoms with Crippen molar-refractivity contribution >= 4 is 5.78 Å². The smallest absolute Gasteiger partial charge is 0.197 e. The Bertz CT molecular complexity index is 820. The number of aliphatic hydroxyl groups excluding tert-OH is 4. The van der Waals surface area contributed by atoms with Crippen molar-refractivity contribution in [1.29, 1.82) is 0 Å². The van der Waals surface area contributed by atoms with Crippen LogP contribution in [0.1, 0.15) is 27.6 Å². The standard InChI is InChI=1S/C19H20O8/c20-8-13-16(24)17(25)18(26)19(27-13)11-6-10(21)7-12(22)14(11)15(23)9-4-2-1-3-5-9/h1-7,13,16-22,24-26H,8H2/t13-,16-,17+,18-,19+/m1/s1. The molecule has 3 rings (SSSR count). The maximum absolute atomic E-state index is 12.9. The number of aromatic hydroxyl groups is 2. The first-order valence-electron chi connectivity index (χ1n) is 8.31. The molecule has 0 unspecified atom stereocenters. The summed E-state index contributed by atoms with van der Waals surface area (Å²) in [6, 6.07) is 10.2. The van der Waals surface area contributed by atoms with Crippen LogP contribution in [-0.4, -0.2) is 67.4 Å². The Balaban J connectivity index is 2.11. The average molecular weight is 376 g/mol. The molecule has 27 heavy (non-hydrogen) atoms. The SMILES string of the molecule is O=C(c1ccccc1)c1c(O)cc(O)cc1[C@@H]1O[C@H](CO)[C@@H](O)[C@H](O)[C@H]1O. The van der Waals surface area contributed by atoms with E-state index >= 15 is 0 Å². The van der Waals surface area contributed by atoms with Crippen LogP contribution in [0.2, 0.25) is 0 Å². The van der Waals surface area contributed by atoms with Gasteiger partial charge in [0.2, 0.25) is 0 Å². The number of aliphatic hydroxyl groups is 4. The average Bonchev–Trinajstić information content (AvgIpc) is 2.66. The van der Waals surface area contributed by atoms with Crippen molar-refractivity contribution in [2.75, 3.05) is 6.61 Å². The summed E-state index contributed by atoms with van der Waals surface area (Å²) in [6.07, 6.45) is -7.46. The number of phenolic OH excluding ortho intramolecular Hbond substituents is 2. The second-order valence-corrected chi connectivity index (χ2v) is 6.37. The quantitative estimate of drug-likeness (QED) is 0.404. The minimum atomic E-state index is -1.66. The van der Waals surface area contributed by atoms with Crippen molar-refractivity contribution in [1.82, 2.24) is 0 Å². The van der Waals surface area contributed by atoms with E-state index < -0.39 is 48.7 Å². The highest BCUT2D eigenvalue weighted by molar-refractivity contribution is 6.11. The van der Waals surface area contributed by atoms with Gasteiger partial charge in [-0.05, 0) is 6.07 Å². The summed E-state index contributed by atoms with van der Waals surface area (Å²) in [5, 5.41) is 59.8. The van der Waals surface area contributed by atoms with Crippen molar-refractivity contribution in [2.45, 2.75) is 30.5 Å². The molecule has 144 valence electrons. The van der Waals surface area contributed by atoms with E-state index in [0.29, 0.717) is 0 Å². The monoisotopic (exact) mass is 376 g/mol. The summed E-state index contributed by atoms with van der Waals surface area (Å²) < 4.78 is 5.47. The Hall–Kier alpha value is -2.49. The summed E-state index contributed by atoms with van der Waals surface area (Å²) in [4.78, 5) is 12.9. The highest BCUT2D eigenvalue weighted by atomic mass is 16.5. The van der Waals surface area contributed by atoms with Crippen LogP contribution < -0.4 is 0 Å². The molecule has 1 aliphatic rings. The molecule has 6 N–H and O–H groups in total. The number of hydrogen-bond acceptors (Lipinski definition) is 8. The zero-order chi connectivity index (χ0) is 19.7. The van der Waals surface area contributed by atoms with Gasteiger partial charge >= 0.3 is 0 Å². The van der Waals surface area contributed by atoms with E-state index in [1.165, 1.54) is 12.1 Å². The lowest BCUT2D eigenvalue weighted by molar-refractivity contribution is -0.231. The van der Waals surface area contributed by atoms with Crippen LogP contribution in [0.15, 0.2) is 42.5 Å². The van der Waals surface area contributed by atoms with Crippen LogP contribution in [0.4, 0.5) is 0 Å². The number of carbonyl (C=O) groups excluding carboxylic acids is 1. The van der Waals surface area contributed by atoms with Crippen LogP contribution >= 0.6 is 0 Å². The number of hydrogen-bond donors (Lipinski definition) is 6. The third-order valence-electron chi connectivity index (χ3n) is 4.59. The maximum Gasteiger partial charge on any atom is 0.197 e. The molecule has 0 aliphatic carbocycles. The Morgan fingerprint density at radius 3 is 2.26 bits per heavy atom. The Morgan fingerprint density at radius 1 is 0.963 bits per heavy atom. The first kappa shape index (κ1) is 19.3. The lowest BCUT2D eigenvalue weighted by Crippen LogP contribution is -2.55. The lowest BCUT2D eigenvalue weighted by Gasteiger charge is -2.40. The van der Waals surface area contributed by atoms with E-state index in [1.54, 1.807) is 18.2 Å². The molecule has 1 saturated heterocycles. The van der Waals surface area contributed by atoms with Gasteiger partial charge in [0, 0.05) is 17.2 Å². The third kappa shape index (κ3) is 3.53. The molecular formula is C19H20O8. The highest BCUT2D eigenvalue weighted by Crippen LogP contribution is 2.39. The van der Waals surface area contributed by atoms with Gasteiger partial charge in [-0.1, -0.05) is 30.3 Å². The van der Waals surface area contributed by atoms with E-state index in [4.69, 9.17) is 4.74 Å². The molecule has 5 atom stereocenters. The predicted molar refractivity (Wildman–Crippen MR) is 92.4 cm³/mol. The fraction of sp³-hybridized carbons (Fsp3) is 0.316. The van der Waals surface area contributed by atoms with Gasteiger partial charge in [0.25, 0.3) is 0 Å². The molecule has 2 aromatic rings. The zero-order valence-corrected chi connectivity index (χ0v) is 14.1. The molecule has 1 fully saturated rings. The van der Waals surface area contributed by atoms with Crippen molar-refractivity contribution in [3.63, 3.8) is 0 Å². The normalized spacial score (nSPS) is 28.1. The summed E-state index contributed by atoms with van der Waals surface area (Å²) in [5.41, 5.74) is -0.0362. The van der Waals surface area contributed by atoms with Gasteiger partial charge in [0.1, 0.15) is 42.0 Å². The minimum Gasteiger partial charge on any atom is -0.508 e. The van der Waals surface area contributed by atoms with Crippen LogP contribution in [0.25, 0.3) is 0 Å². The molecule has 8 heteroatoms. The highest BCUT2D eigenvalue weighted by Gasteiger charge is 2.45. The van der Waals surface area contributed by atoms with Gasteiger partial charge in [0.05, 0.1) is 12.2 Å². The van der Waals surface area contributed by atoms with E-state index in [9.17, 15) is 35.4 Å². The summed E-state index contributed by atoms with van der Waals surface area (Å²) >= 11 is 0. The first-order valence-corrected chi connectivity index (χ1v) is 8.31. The molecule has 0 bridgehead atoms.